The summed E-state index contributed by atoms with van der Waals surface area (Å²) in [7, 11) is -0.411. The fourth-order valence-electron chi connectivity index (χ4n) is 1.40. The predicted molar refractivity (Wildman–Crippen MR) is 83.2 cm³/mol. The van der Waals surface area contributed by atoms with Gasteiger partial charge in [-0.3, -0.25) is 0 Å². The molecule has 5 nitrogen and oxygen atoms in total. The Morgan fingerprint density at radius 1 is 1.42 bits per heavy atom. The Morgan fingerprint density at radius 3 is 2.58 bits per heavy atom. The first-order chi connectivity index (χ1) is 8.78. The Bertz CT molecular complexity index is 530. The first kappa shape index (κ1) is 16.1. The van der Waals surface area contributed by atoms with Crippen LogP contribution in [0.25, 0.3) is 0 Å². The third-order valence-electron chi connectivity index (χ3n) is 2.79. The van der Waals surface area contributed by atoms with Gasteiger partial charge in [-0.15, -0.1) is 0 Å². The number of nitrogens with zero attached hydrogens (tertiary/aromatic N) is 1. The van der Waals surface area contributed by atoms with E-state index in [2.05, 4.69) is 12.2 Å². The van der Waals surface area contributed by atoms with Gasteiger partial charge in [0.2, 0.25) is 10.0 Å². The third-order valence-corrected chi connectivity index (χ3v) is 5.57. The smallest absolute Gasteiger partial charge is 0.242 e. The zero-order valence-electron chi connectivity index (χ0n) is 11.7. The van der Waals surface area contributed by atoms with Crippen LogP contribution in [0.5, 0.6) is 0 Å². The van der Waals surface area contributed by atoms with Gasteiger partial charge in [0.1, 0.15) is 0 Å². The van der Waals surface area contributed by atoms with Crippen LogP contribution in [0.2, 0.25) is 0 Å². The molecule has 0 aliphatic carbocycles. The number of nitrogen functional groups attached to an aromatic ring is 1. The molecule has 0 aromatic heterocycles. The van der Waals surface area contributed by atoms with E-state index in [-0.39, 0.29) is 4.90 Å². The molecule has 19 heavy (non-hydrogen) atoms. The van der Waals surface area contributed by atoms with Crippen LogP contribution in [0.4, 0.5) is 11.4 Å². The van der Waals surface area contributed by atoms with Crippen LogP contribution < -0.4 is 11.1 Å². The number of sulfonamides is 1. The average Bonchev–Trinajstić information content (AvgIpc) is 2.36. The largest absolute Gasteiger partial charge is 0.397 e. The SMILES string of the molecule is CSC(C)CNc1cc(S(=O)(=O)N(C)C)ccc1N. The number of nitrogens with two attached hydrogens (primary N) is 1. The number of rotatable bonds is 6. The van der Waals surface area contributed by atoms with E-state index in [0.717, 1.165) is 6.54 Å². The molecule has 0 aliphatic heterocycles. The maximum atomic E-state index is 12.0. The highest BCUT2D eigenvalue weighted by atomic mass is 32.2. The highest BCUT2D eigenvalue weighted by Gasteiger charge is 2.18. The minimum atomic E-state index is -3.43. The summed E-state index contributed by atoms with van der Waals surface area (Å²) in [6.45, 7) is 2.82. The first-order valence-corrected chi connectivity index (χ1v) is 8.60. The zero-order valence-corrected chi connectivity index (χ0v) is 13.3. The Morgan fingerprint density at radius 2 is 2.05 bits per heavy atom. The topological polar surface area (TPSA) is 75.4 Å². The van der Waals surface area contributed by atoms with Crippen molar-refractivity contribution in [3.63, 3.8) is 0 Å². The molecule has 1 aromatic rings. The minimum absolute atomic E-state index is 0.242. The Kier molecular flexibility index (Phi) is 5.51. The number of nitrogens with one attached hydrogen (secondary N) is 1. The maximum Gasteiger partial charge on any atom is 0.242 e. The van der Waals surface area contributed by atoms with Crippen LogP contribution in [0.1, 0.15) is 6.92 Å². The summed E-state index contributed by atoms with van der Waals surface area (Å²) in [5, 5.41) is 3.61. The standard InChI is InChI=1S/C12H21N3O2S2/c1-9(18-4)8-14-12-7-10(5-6-11(12)13)19(16,17)15(2)3/h5-7,9,14H,8,13H2,1-4H3. The second-order valence-corrected chi connectivity index (χ2v) is 7.89. The van der Waals surface area contributed by atoms with Crippen LogP contribution in [0.3, 0.4) is 0 Å². The van der Waals surface area contributed by atoms with E-state index in [0.29, 0.717) is 16.6 Å². The summed E-state index contributed by atoms with van der Waals surface area (Å²) in [5.41, 5.74) is 7.06. The Hall–Kier alpha value is -0.920. The van der Waals surface area contributed by atoms with Gasteiger partial charge in [-0.2, -0.15) is 11.8 Å². The number of benzene rings is 1. The predicted octanol–water partition coefficient (Wildman–Crippen LogP) is 1.68. The van der Waals surface area contributed by atoms with Gasteiger partial charge in [0.25, 0.3) is 0 Å². The second kappa shape index (κ2) is 6.49. The molecule has 0 bridgehead atoms. The lowest BCUT2D eigenvalue weighted by Gasteiger charge is -2.16. The van der Waals surface area contributed by atoms with Gasteiger partial charge in [-0.05, 0) is 24.5 Å². The van der Waals surface area contributed by atoms with Gasteiger partial charge >= 0.3 is 0 Å². The Balaban J connectivity index is 3.01. The summed E-state index contributed by atoms with van der Waals surface area (Å²) in [6, 6.07) is 4.72. The highest BCUT2D eigenvalue weighted by Crippen LogP contribution is 2.24. The van der Waals surface area contributed by atoms with E-state index in [1.807, 2.05) is 6.26 Å². The fraction of sp³-hybridized carbons (Fsp3) is 0.500. The second-order valence-electron chi connectivity index (χ2n) is 4.46. The van der Waals surface area contributed by atoms with Gasteiger partial charge < -0.3 is 11.1 Å². The molecule has 0 saturated heterocycles. The van der Waals surface area contributed by atoms with Crippen molar-refractivity contribution in [2.24, 2.45) is 0 Å². The molecule has 0 heterocycles. The molecule has 108 valence electrons. The third kappa shape index (κ3) is 4.02. The molecule has 3 N–H and O–H groups in total. The summed E-state index contributed by atoms with van der Waals surface area (Å²) in [5.74, 6) is 0. The summed E-state index contributed by atoms with van der Waals surface area (Å²) < 4.78 is 25.3. The van der Waals surface area contributed by atoms with E-state index >= 15 is 0 Å². The quantitative estimate of drug-likeness (QED) is 0.782. The molecule has 0 amide bonds. The van der Waals surface area contributed by atoms with E-state index < -0.39 is 10.0 Å². The molecule has 1 rings (SSSR count). The van der Waals surface area contributed by atoms with Crippen molar-refractivity contribution in [1.29, 1.82) is 0 Å². The lowest BCUT2D eigenvalue weighted by Crippen LogP contribution is -2.22. The molecule has 0 spiro atoms. The fourth-order valence-corrected chi connectivity index (χ4v) is 2.58. The lowest BCUT2D eigenvalue weighted by atomic mass is 10.2. The number of hydrogen-bond acceptors (Lipinski definition) is 5. The maximum absolute atomic E-state index is 12.0. The molecule has 1 atom stereocenters. The lowest BCUT2D eigenvalue weighted by molar-refractivity contribution is 0.521. The molecule has 1 aromatic carbocycles. The number of hydrogen-bond donors (Lipinski definition) is 2. The van der Waals surface area contributed by atoms with Crippen LogP contribution in [0, 0.1) is 0 Å². The zero-order chi connectivity index (χ0) is 14.6. The average molecular weight is 303 g/mol. The molecule has 0 radical (unpaired) electrons. The van der Waals surface area contributed by atoms with Crippen LogP contribution in [-0.4, -0.2) is 44.9 Å². The molecule has 0 aliphatic rings. The van der Waals surface area contributed by atoms with Crippen molar-refractivity contribution in [2.75, 3.05) is 37.9 Å². The van der Waals surface area contributed by atoms with Crippen molar-refractivity contribution in [1.82, 2.24) is 4.31 Å². The summed E-state index contributed by atoms with van der Waals surface area (Å²) in [6.07, 6.45) is 2.03. The monoisotopic (exact) mass is 303 g/mol. The normalized spacial score (nSPS) is 13.5. The van der Waals surface area contributed by atoms with Gasteiger partial charge in [-0.1, -0.05) is 6.92 Å². The highest BCUT2D eigenvalue weighted by molar-refractivity contribution is 7.99. The molecular weight excluding hydrogens is 282 g/mol. The molecule has 7 heteroatoms. The molecule has 1 unspecified atom stereocenters. The minimum Gasteiger partial charge on any atom is -0.397 e. The first-order valence-electron chi connectivity index (χ1n) is 5.87. The van der Waals surface area contributed by atoms with E-state index in [1.54, 1.807) is 23.9 Å². The molecule has 0 fully saturated rings. The van der Waals surface area contributed by atoms with Crippen molar-refractivity contribution < 1.29 is 8.42 Å². The van der Waals surface area contributed by atoms with E-state index in [9.17, 15) is 8.42 Å². The van der Waals surface area contributed by atoms with Crippen molar-refractivity contribution in [3.8, 4) is 0 Å². The van der Waals surface area contributed by atoms with Gasteiger partial charge in [0, 0.05) is 25.9 Å². The van der Waals surface area contributed by atoms with Gasteiger partial charge in [0.15, 0.2) is 0 Å². The van der Waals surface area contributed by atoms with Gasteiger partial charge in [-0.25, -0.2) is 12.7 Å². The van der Waals surface area contributed by atoms with Crippen LogP contribution in [0.15, 0.2) is 23.1 Å². The number of thioether (sulfide) groups is 1. The van der Waals surface area contributed by atoms with Crippen LogP contribution in [-0.2, 0) is 10.0 Å². The molecule has 0 saturated carbocycles. The van der Waals surface area contributed by atoms with E-state index in [1.165, 1.54) is 24.5 Å². The summed E-state index contributed by atoms with van der Waals surface area (Å²) >= 11 is 1.73. The van der Waals surface area contributed by atoms with Crippen molar-refractivity contribution >= 4 is 33.2 Å². The van der Waals surface area contributed by atoms with Gasteiger partial charge in [0.05, 0.1) is 16.3 Å². The van der Waals surface area contributed by atoms with Crippen molar-refractivity contribution in [2.45, 2.75) is 17.1 Å². The molecular formula is C12H21N3O2S2. The number of anilines is 2. The summed E-state index contributed by atoms with van der Waals surface area (Å²) in [4.78, 5) is 0.242. The van der Waals surface area contributed by atoms with Crippen molar-refractivity contribution in [3.05, 3.63) is 18.2 Å². The van der Waals surface area contributed by atoms with E-state index in [4.69, 9.17) is 5.73 Å². The Labute approximate surface area is 119 Å². The van der Waals surface area contributed by atoms with Crippen LogP contribution >= 0.6 is 11.8 Å².